The van der Waals surface area contributed by atoms with Gasteiger partial charge in [0.15, 0.2) is 0 Å². The van der Waals surface area contributed by atoms with Crippen LogP contribution in [0.1, 0.15) is 25.3 Å². The summed E-state index contributed by atoms with van der Waals surface area (Å²) >= 11 is 1.73. The molecule has 0 amide bonds. The van der Waals surface area contributed by atoms with Gasteiger partial charge in [0.2, 0.25) is 0 Å². The van der Waals surface area contributed by atoms with Crippen molar-refractivity contribution in [1.29, 1.82) is 0 Å². The predicted molar refractivity (Wildman–Crippen MR) is 76.8 cm³/mol. The quantitative estimate of drug-likeness (QED) is 0.868. The predicted octanol–water partition coefficient (Wildman–Crippen LogP) is 3.14. The fourth-order valence-electron chi connectivity index (χ4n) is 1.65. The summed E-state index contributed by atoms with van der Waals surface area (Å²) < 4.78 is 0. The van der Waals surface area contributed by atoms with Gasteiger partial charge in [-0.15, -0.1) is 11.3 Å². The molecule has 0 aromatic carbocycles. The van der Waals surface area contributed by atoms with E-state index in [1.165, 1.54) is 11.4 Å². The van der Waals surface area contributed by atoms with E-state index in [9.17, 15) is 0 Å². The Morgan fingerprint density at radius 2 is 2.11 bits per heavy atom. The molecule has 0 bridgehead atoms. The van der Waals surface area contributed by atoms with E-state index in [4.69, 9.17) is 0 Å². The van der Waals surface area contributed by atoms with Crippen LogP contribution in [0.2, 0.25) is 0 Å². The van der Waals surface area contributed by atoms with Crippen LogP contribution in [0, 0.1) is 0 Å². The molecule has 0 saturated heterocycles. The topological polar surface area (TPSA) is 37.8 Å². The number of hydrogen-bond donors (Lipinski definition) is 1. The van der Waals surface area contributed by atoms with Crippen LogP contribution in [0.3, 0.4) is 0 Å². The van der Waals surface area contributed by atoms with Crippen LogP contribution < -0.4 is 5.32 Å². The Bertz CT molecular complexity index is 467. The molecule has 2 heterocycles. The molecule has 0 aliphatic carbocycles. The van der Waals surface area contributed by atoms with Crippen LogP contribution in [0.25, 0.3) is 11.3 Å². The monoisotopic (exact) mass is 261 g/mol. The van der Waals surface area contributed by atoms with Crippen molar-refractivity contribution in [3.8, 4) is 11.3 Å². The Balaban J connectivity index is 1.91. The van der Waals surface area contributed by atoms with Crippen molar-refractivity contribution in [1.82, 2.24) is 15.3 Å². The van der Waals surface area contributed by atoms with Crippen LogP contribution in [0.5, 0.6) is 0 Å². The summed E-state index contributed by atoms with van der Waals surface area (Å²) in [6.07, 6.45) is 5.78. The van der Waals surface area contributed by atoms with Gasteiger partial charge in [-0.2, -0.15) is 0 Å². The molecule has 0 aliphatic rings. The van der Waals surface area contributed by atoms with E-state index in [-0.39, 0.29) is 0 Å². The Hall–Kier alpha value is -1.26. The van der Waals surface area contributed by atoms with Gasteiger partial charge >= 0.3 is 0 Å². The summed E-state index contributed by atoms with van der Waals surface area (Å²) in [6, 6.07) is 4.58. The van der Waals surface area contributed by atoms with E-state index in [1.54, 1.807) is 23.7 Å². The maximum Gasteiger partial charge on any atom is 0.0945 e. The molecule has 0 radical (unpaired) electrons. The minimum Gasteiger partial charge on any atom is -0.314 e. The second-order valence-corrected chi connectivity index (χ2v) is 5.32. The number of pyridine rings is 1. The highest BCUT2D eigenvalue weighted by molar-refractivity contribution is 7.09. The lowest BCUT2D eigenvalue weighted by Gasteiger charge is -2.09. The number of nitrogens with zero attached hydrogens (tertiary/aromatic N) is 2. The van der Waals surface area contributed by atoms with Gasteiger partial charge in [0.25, 0.3) is 0 Å². The van der Waals surface area contributed by atoms with Gasteiger partial charge in [-0.25, -0.2) is 4.98 Å². The van der Waals surface area contributed by atoms with Gasteiger partial charge in [0, 0.05) is 42.3 Å². The maximum atomic E-state index is 4.65. The molecule has 4 heteroatoms. The molecule has 0 aliphatic heterocycles. The van der Waals surface area contributed by atoms with Crippen LogP contribution in [0.15, 0.2) is 29.9 Å². The SMILES string of the molecule is CCC(C)NCCc1nc(-c2ccncc2)cs1. The van der Waals surface area contributed by atoms with Crippen molar-refractivity contribution in [2.45, 2.75) is 32.7 Å². The molecule has 1 N–H and O–H groups in total. The van der Waals surface area contributed by atoms with E-state index < -0.39 is 0 Å². The lowest BCUT2D eigenvalue weighted by Crippen LogP contribution is -2.27. The van der Waals surface area contributed by atoms with Crippen molar-refractivity contribution in [2.75, 3.05) is 6.54 Å². The van der Waals surface area contributed by atoms with E-state index in [2.05, 4.69) is 34.5 Å². The Labute approximate surface area is 112 Å². The summed E-state index contributed by atoms with van der Waals surface area (Å²) in [5, 5.41) is 6.80. The summed E-state index contributed by atoms with van der Waals surface area (Å²) in [4.78, 5) is 8.68. The highest BCUT2D eigenvalue weighted by Gasteiger charge is 2.04. The third-order valence-electron chi connectivity index (χ3n) is 2.97. The summed E-state index contributed by atoms with van der Waals surface area (Å²) in [5.41, 5.74) is 2.20. The first-order valence-corrected chi connectivity index (χ1v) is 7.25. The fraction of sp³-hybridized carbons (Fsp3) is 0.429. The van der Waals surface area contributed by atoms with Crippen molar-refractivity contribution >= 4 is 11.3 Å². The lowest BCUT2D eigenvalue weighted by molar-refractivity contribution is 0.537. The van der Waals surface area contributed by atoms with Crippen molar-refractivity contribution in [3.63, 3.8) is 0 Å². The minimum atomic E-state index is 0.588. The van der Waals surface area contributed by atoms with Crippen molar-refractivity contribution in [2.24, 2.45) is 0 Å². The highest BCUT2D eigenvalue weighted by Crippen LogP contribution is 2.21. The first-order valence-electron chi connectivity index (χ1n) is 6.37. The number of rotatable bonds is 6. The van der Waals surface area contributed by atoms with Crippen LogP contribution in [-0.4, -0.2) is 22.6 Å². The summed E-state index contributed by atoms with van der Waals surface area (Å²) in [7, 11) is 0. The number of thiazole rings is 1. The van der Waals surface area contributed by atoms with Gasteiger partial charge in [0.1, 0.15) is 0 Å². The summed E-state index contributed by atoms with van der Waals surface area (Å²) in [6.45, 7) is 5.41. The largest absolute Gasteiger partial charge is 0.314 e. The molecule has 0 saturated carbocycles. The van der Waals surface area contributed by atoms with Crippen molar-refractivity contribution in [3.05, 3.63) is 34.9 Å². The number of aromatic nitrogens is 2. The zero-order valence-corrected chi connectivity index (χ0v) is 11.7. The Morgan fingerprint density at radius 1 is 1.33 bits per heavy atom. The standard InChI is InChI=1S/C14H19N3S/c1-3-11(2)16-9-6-14-17-13(10-18-14)12-4-7-15-8-5-12/h4-5,7-8,10-11,16H,3,6,9H2,1-2H3. The van der Waals surface area contributed by atoms with Gasteiger partial charge in [0.05, 0.1) is 10.7 Å². The molecule has 2 rings (SSSR count). The second kappa shape index (κ2) is 6.61. The molecule has 2 aromatic rings. The molecule has 1 atom stereocenters. The first kappa shape index (κ1) is 13.2. The fourth-order valence-corrected chi connectivity index (χ4v) is 2.46. The normalized spacial score (nSPS) is 12.6. The van der Waals surface area contributed by atoms with E-state index in [0.717, 1.165) is 24.2 Å². The Morgan fingerprint density at radius 3 is 2.83 bits per heavy atom. The van der Waals surface area contributed by atoms with Gasteiger partial charge in [-0.1, -0.05) is 6.92 Å². The van der Waals surface area contributed by atoms with Crippen LogP contribution in [-0.2, 0) is 6.42 Å². The molecule has 1 unspecified atom stereocenters. The van der Waals surface area contributed by atoms with Gasteiger partial charge < -0.3 is 5.32 Å². The average Bonchev–Trinajstić information content (AvgIpc) is 2.88. The maximum absolute atomic E-state index is 4.65. The lowest BCUT2D eigenvalue weighted by atomic mass is 10.2. The highest BCUT2D eigenvalue weighted by atomic mass is 32.1. The zero-order chi connectivity index (χ0) is 12.8. The molecule has 96 valence electrons. The summed E-state index contributed by atoms with van der Waals surface area (Å²) in [5.74, 6) is 0. The second-order valence-electron chi connectivity index (χ2n) is 4.38. The third kappa shape index (κ3) is 3.62. The van der Waals surface area contributed by atoms with E-state index in [0.29, 0.717) is 6.04 Å². The van der Waals surface area contributed by atoms with Gasteiger partial charge in [-0.3, -0.25) is 4.98 Å². The van der Waals surface area contributed by atoms with Gasteiger partial charge in [-0.05, 0) is 25.5 Å². The molecule has 0 spiro atoms. The molecular weight excluding hydrogens is 242 g/mol. The number of nitrogens with one attached hydrogen (secondary N) is 1. The van der Waals surface area contributed by atoms with Crippen molar-refractivity contribution < 1.29 is 0 Å². The molecule has 2 aromatic heterocycles. The average molecular weight is 261 g/mol. The molecule has 18 heavy (non-hydrogen) atoms. The molecule has 3 nitrogen and oxygen atoms in total. The Kier molecular flexibility index (Phi) is 4.84. The first-order chi connectivity index (χ1) is 8.79. The van der Waals surface area contributed by atoms with E-state index >= 15 is 0 Å². The smallest absolute Gasteiger partial charge is 0.0945 e. The third-order valence-corrected chi connectivity index (χ3v) is 3.88. The van der Waals surface area contributed by atoms with E-state index in [1.807, 2.05) is 12.1 Å². The zero-order valence-electron chi connectivity index (χ0n) is 10.9. The van der Waals surface area contributed by atoms with Crippen LogP contribution >= 0.6 is 11.3 Å². The molecule has 0 fully saturated rings. The number of hydrogen-bond acceptors (Lipinski definition) is 4. The minimum absolute atomic E-state index is 0.588. The van der Waals surface area contributed by atoms with Crippen LogP contribution in [0.4, 0.5) is 0 Å². The molecular formula is C14H19N3S.